The van der Waals surface area contributed by atoms with Gasteiger partial charge >= 0.3 is 12.1 Å². The van der Waals surface area contributed by atoms with Crippen LogP contribution in [0.2, 0.25) is 0 Å². The van der Waals surface area contributed by atoms with Crippen LogP contribution in [0.1, 0.15) is 39.4 Å². The zero-order valence-corrected chi connectivity index (χ0v) is 14.0. The molecule has 1 amide bonds. The first-order valence-electron chi connectivity index (χ1n) is 6.49. The van der Waals surface area contributed by atoms with Crippen molar-refractivity contribution in [3.8, 4) is 0 Å². The van der Waals surface area contributed by atoms with Gasteiger partial charge in [0.05, 0.1) is 5.69 Å². The van der Waals surface area contributed by atoms with Crippen LogP contribution in [0.5, 0.6) is 0 Å². The Balaban J connectivity index is 3.09. The van der Waals surface area contributed by atoms with Gasteiger partial charge in [0.2, 0.25) is 0 Å². The van der Waals surface area contributed by atoms with Gasteiger partial charge in [-0.15, -0.1) is 0 Å². The third-order valence-electron chi connectivity index (χ3n) is 2.54. The van der Waals surface area contributed by atoms with E-state index in [1.165, 1.54) is 6.20 Å². The molecule has 116 valence electrons. The Morgan fingerprint density at radius 1 is 1.43 bits per heavy atom. The maximum Gasteiger partial charge on any atom is 0.411 e. The normalized spacial score (nSPS) is 12.6. The maximum absolute atomic E-state index is 12.2. The predicted molar refractivity (Wildman–Crippen MR) is 80.9 cm³/mol. The molecule has 1 N–H and O–H groups in total. The lowest BCUT2D eigenvalue weighted by Gasteiger charge is -2.30. The van der Waals surface area contributed by atoms with Crippen LogP contribution in [-0.2, 0) is 9.53 Å². The molecule has 0 aliphatic carbocycles. The quantitative estimate of drug-likeness (QED) is 0.893. The molecule has 21 heavy (non-hydrogen) atoms. The first kappa shape index (κ1) is 17.4. The van der Waals surface area contributed by atoms with Gasteiger partial charge in [-0.05, 0) is 55.8 Å². The van der Waals surface area contributed by atoms with Crippen molar-refractivity contribution in [3.05, 3.63) is 28.5 Å². The van der Waals surface area contributed by atoms with E-state index in [4.69, 9.17) is 4.74 Å². The second kappa shape index (κ2) is 6.89. The van der Waals surface area contributed by atoms with Gasteiger partial charge in [0.25, 0.3) is 0 Å². The minimum Gasteiger partial charge on any atom is -0.479 e. The number of likely N-dealkylation sites (N-methyl/N-ethyl adjacent to an activating group) is 1. The molecule has 0 aliphatic rings. The molecule has 0 saturated carbocycles. The van der Waals surface area contributed by atoms with Gasteiger partial charge in [0.15, 0.2) is 6.04 Å². The molecule has 1 atom stereocenters. The molecule has 7 heteroatoms. The van der Waals surface area contributed by atoms with Crippen LogP contribution in [0, 0.1) is 0 Å². The number of hydrogen-bond acceptors (Lipinski definition) is 4. The van der Waals surface area contributed by atoms with Crippen LogP contribution in [-0.4, -0.2) is 39.2 Å². The summed E-state index contributed by atoms with van der Waals surface area (Å²) < 4.78 is 5.99. The highest BCUT2D eigenvalue weighted by Gasteiger charge is 2.34. The number of carbonyl (C=O) groups is 2. The lowest BCUT2D eigenvalue weighted by molar-refractivity contribution is -0.143. The van der Waals surface area contributed by atoms with Crippen LogP contribution in [0.3, 0.4) is 0 Å². The van der Waals surface area contributed by atoms with E-state index in [1.54, 1.807) is 39.8 Å². The van der Waals surface area contributed by atoms with E-state index in [9.17, 15) is 14.7 Å². The number of rotatable bonds is 4. The third kappa shape index (κ3) is 5.00. The van der Waals surface area contributed by atoms with Crippen molar-refractivity contribution in [2.24, 2.45) is 0 Å². The van der Waals surface area contributed by atoms with Crippen molar-refractivity contribution >= 4 is 28.0 Å². The Morgan fingerprint density at radius 2 is 2.05 bits per heavy atom. The Bertz CT molecular complexity index is 511. The molecule has 1 heterocycles. The molecule has 0 radical (unpaired) electrons. The van der Waals surface area contributed by atoms with Gasteiger partial charge in [-0.3, -0.25) is 9.88 Å². The van der Waals surface area contributed by atoms with Crippen molar-refractivity contribution in [2.45, 2.75) is 39.3 Å². The maximum atomic E-state index is 12.2. The molecular formula is C14H19BrN2O4. The number of carbonyl (C=O) groups excluding carboxylic acids is 1. The molecule has 1 aromatic heterocycles. The lowest BCUT2D eigenvalue weighted by Crippen LogP contribution is -2.42. The zero-order chi connectivity index (χ0) is 16.2. The fourth-order valence-corrected chi connectivity index (χ4v) is 1.94. The van der Waals surface area contributed by atoms with Crippen LogP contribution in [0.4, 0.5) is 4.79 Å². The monoisotopic (exact) mass is 358 g/mol. The van der Waals surface area contributed by atoms with Crippen LogP contribution >= 0.6 is 15.9 Å². The van der Waals surface area contributed by atoms with E-state index in [-0.39, 0.29) is 12.2 Å². The minimum atomic E-state index is -1.18. The highest BCUT2D eigenvalue weighted by atomic mass is 79.9. The number of carboxylic acids is 1. The molecule has 1 unspecified atom stereocenters. The summed E-state index contributed by atoms with van der Waals surface area (Å²) in [6.07, 6.45) is 0.816. The molecule has 1 rings (SSSR count). The molecule has 0 spiro atoms. The number of amides is 1. The van der Waals surface area contributed by atoms with Crippen LogP contribution < -0.4 is 0 Å². The second-order valence-electron chi connectivity index (χ2n) is 5.41. The summed E-state index contributed by atoms with van der Waals surface area (Å²) in [4.78, 5) is 28.9. The van der Waals surface area contributed by atoms with E-state index >= 15 is 0 Å². The van der Waals surface area contributed by atoms with E-state index in [0.717, 1.165) is 9.37 Å². The number of carboxylic acid groups (broad SMARTS) is 1. The number of hydrogen-bond donors (Lipinski definition) is 1. The number of aliphatic carboxylic acids is 1. The molecule has 0 aromatic carbocycles. The first-order chi connectivity index (χ1) is 9.65. The molecule has 6 nitrogen and oxygen atoms in total. The third-order valence-corrected chi connectivity index (χ3v) is 3.01. The summed E-state index contributed by atoms with van der Waals surface area (Å²) in [5.41, 5.74) is -0.417. The largest absolute Gasteiger partial charge is 0.479 e. The van der Waals surface area contributed by atoms with Gasteiger partial charge < -0.3 is 9.84 Å². The van der Waals surface area contributed by atoms with Crippen molar-refractivity contribution in [3.63, 3.8) is 0 Å². The van der Waals surface area contributed by atoms with Gasteiger partial charge in [0, 0.05) is 17.2 Å². The predicted octanol–water partition coefficient (Wildman–Crippen LogP) is 3.23. The van der Waals surface area contributed by atoms with Crippen molar-refractivity contribution in [1.29, 1.82) is 0 Å². The summed E-state index contributed by atoms with van der Waals surface area (Å²) in [6, 6.07) is 2.06. The first-order valence-corrected chi connectivity index (χ1v) is 7.29. The fourth-order valence-electron chi connectivity index (χ4n) is 1.71. The Kier molecular flexibility index (Phi) is 5.71. The summed E-state index contributed by atoms with van der Waals surface area (Å²) in [6.45, 7) is 7.08. The van der Waals surface area contributed by atoms with E-state index in [2.05, 4.69) is 20.9 Å². The molecule has 0 bridgehead atoms. The topological polar surface area (TPSA) is 79.7 Å². The standard InChI is InChI=1S/C14H19BrN2O4/c1-5-17(13(20)21-14(2,3)4)11(12(18)19)10-7-6-9(15)8-16-10/h6-8,11H,5H2,1-4H3,(H,18,19). The number of ether oxygens (including phenoxy) is 1. The Hall–Kier alpha value is -1.63. The highest BCUT2D eigenvalue weighted by molar-refractivity contribution is 9.10. The van der Waals surface area contributed by atoms with E-state index < -0.39 is 23.7 Å². The highest BCUT2D eigenvalue weighted by Crippen LogP contribution is 2.23. The van der Waals surface area contributed by atoms with Gasteiger partial charge in [-0.2, -0.15) is 0 Å². The summed E-state index contributed by atoms with van der Waals surface area (Å²) >= 11 is 3.24. The van der Waals surface area contributed by atoms with E-state index in [0.29, 0.717) is 0 Å². The minimum absolute atomic E-state index is 0.198. The summed E-state index contributed by atoms with van der Waals surface area (Å²) in [7, 11) is 0. The van der Waals surface area contributed by atoms with Crippen molar-refractivity contribution < 1.29 is 19.4 Å². The second-order valence-corrected chi connectivity index (χ2v) is 6.32. The fraction of sp³-hybridized carbons (Fsp3) is 0.500. The Morgan fingerprint density at radius 3 is 2.43 bits per heavy atom. The molecule has 0 fully saturated rings. The molecule has 1 aromatic rings. The molecule has 0 saturated heterocycles. The average molecular weight is 359 g/mol. The molecule has 0 aliphatic heterocycles. The SMILES string of the molecule is CCN(C(=O)OC(C)(C)C)C(C(=O)O)c1ccc(Br)cn1. The van der Waals surface area contributed by atoms with Crippen LogP contribution in [0.25, 0.3) is 0 Å². The van der Waals surface area contributed by atoms with Crippen molar-refractivity contribution in [2.75, 3.05) is 6.54 Å². The van der Waals surface area contributed by atoms with Crippen LogP contribution in [0.15, 0.2) is 22.8 Å². The average Bonchev–Trinajstić information content (AvgIpc) is 2.34. The molecular weight excluding hydrogens is 340 g/mol. The smallest absolute Gasteiger partial charge is 0.411 e. The van der Waals surface area contributed by atoms with Gasteiger partial charge in [-0.1, -0.05) is 0 Å². The number of pyridine rings is 1. The Labute approximate surface area is 132 Å². The number of aromatic nitrogens is 1. The number of halogens is 1. The van der Waals surface area contributed by atoms with Gasteiger partial charge in [0.1, 0.15) is 5.60 Å². The van der Waals surface area contributed by atoms with Gasteiger partial charge in [-0.25, -0.2) is 9.59 Å². The zero-order valence-electron chi connectivity index (χ0n) is 12.5. The lowest BCUT2D eigenvalue weighted by atomic mass is 10.1. The van der Waals surface area contributed by atoms with E-state index in [1.807, 2.05) is 0 Å². The number of nitrogens with zero attached hydrogens (tertiary/aromatic N) is 2. The summed E-state index contributed by atoms with van der Waals surface area (Å²) in [5.74, 6) is -1.16. The summed E-state index contributed by atoms with van der Waals surface area (Å²) in [5, 5.41) is 9.44. The van der Waals surface area contributed by atoms with Crippen molar-refractivity contribution in [1.82, 2.24) is 9.88 Å².